The number of aliphatic hydroxyl groups is 1. The Balaban J connectivity index is 2.00. The van der Waals surface area contributed by atoms with Crippen molar-refractivity contribution in [3.8, 4) is 0 Å². The minimum atomic E-state index is -0.146. The van der Waals surface area contributed by atoms with Gasteiger partial charge in [-0.25, -0.2) is 4.98 Å². The fraction of sp³-hybridized carbons (Fsp3) is 0.333. The average Bonchev–Trinajstić information content (AvgIpc) is 2.81. The van der Waals surface area contributed by atoms with Gasteiger partial charge in [0, 0.05) is 7.05 Å². The largest absolute Gasteiger partial charge is 0.390 e. The molecule has 7 heteroatoms. The van der Waals surface area contributed by atoms with E-state index in [2.05, 4.69) is 10.3 Å². The van der Waals surface area contributed by atoms with Gasteiger partial charge in [-0.2, -0.15) is 0 Å². The van der Waals surface area contributed by atoms with Crippen LogP contribution in [0, 0.1) is 13.8 Å². The lowest BCUT2D eigenvalue weighted by Crippen LogP contribution is -2.15. The summed E-state index contributed by atoms with van der Waals surface area (Å²) >= 11 is 7.49. The van der Waals surface area contributed by atoms with E-state index < -0.39 is 0 Å². The molecule has 1 aromatic heterocycles. The number of halogens is 1. The first kappa shape index (κ1) is 16.9. The van der Waals surface area contributed by atoms with Crippen molar-refractivity contribution in [2.75, 3.05) is 11.1 Å². The van der Waals surface area contributed by atoms with Crippen LogP contribution in [0.2, 0.25) is 5.02 Å². The Morgan fingerprint density at radius 1 is 1.45 bits per heavy atom. The molecule has 0 aliphatic heterocycles. The summed E-state index contributed by atoms with van der Waals surface area (Å²) in [6, 6.07) is 3.80. The van der Waals surface area contributed by atoms with Gasteiger partial charge in [0.2, 0.25) is 5.91 Å². The number of aliphatic hydroxyl groups excluding tert-OH is 1. The van der Waals surface area contributed by atoms with E-state index >= 15 is 0 Å². The molecule has 0 aliphatic carbocycles. The van der Waals surface area contributed by atoms with Crippen molar-refractivity contribution in [1.29, 1.82) is 0 Å². The van der Waals surface area contributed by atoms with Crippen LogP contribution in [0.1, 0.15) is 16.8 Å². The summed E-state index contributed by atoms with van der Waals surface area (Å²) in [4.78, 5) is 16.3. The second kappa shape index (κ2) is 7.17. The first-order valence-corrected chi connectivity index (χ1v) is 8.09. The summed E-state index contributed by atoms with van der Waals surface area (Å²) in [6.45, 7) is 3.79. The molecule has 0 saturated carbocycles. The molecule has 0 saturated heterocycles. The quantitative estimate of drug-likeness (QED) is 0.822. The molecule has 0 unspecified atom stereocenters. The Kier molecular flexibility index (Phi) is 5.50. The number of anilines is 1. The van der Waals surface area contributed by atoms with E-state index in [1.807, 2.05) is 26.0 Å². The second-order valence-corrected chi connectivity index (χ2v) is 6.37. The van der Waals surface area contributed by atoms with Crippen molar-refractivity contribution < 1.29 is 9.90 Å². The van der Waals surface area contributed by atoms with Crippen molar-refractivity contribution in [2.45, 2.75) is 25.6 Å². The SMILES string of the molecule is Cc1cc(C)c(NC(=O)CSc2ncc(CO)n2C)c(Cl)c1. The molecule has 0 spiro atoms. The minimum Gasteiger partial charge on any atom is -0.390 e. The highest BCUT2D eigenvalue weighted by atomic mass is 35.5. The summed E-state index contributed by atoms with van der Waals surface area (Å²) in [6.07, 6.45) is 1.60. The van der Waals surface area contributed by atoms with Gasteiger partial charge in [0.25, 0.3) is 0 Å². The van der Waals surface area contributed by atoms with Crippen molar-refractivity contribution in [3.05, 3.63) is 40.2 Å². The highest BCUT2D eigenvalue weighted by Crippen LogP contribution is 2.27. The van der Waals surface area contributed by atoms with Crippen LogP contribution >= 0.6 is 23.4 Å². The standard InChI is InChI=1S/C15H18ClN3O2S/c1-9-4-10(2)14(12(16)5-9)18-13(21)8-22-15-17-6-11(7-20)19(15)3/h4-6,20H,7-8H2,1-3H3,(H,18,21). The second-order valence-electron chi connectivity index (χ2n) is 5.02. The number of carbonyl (C=O) groups is 1. The monoisotopic (exact) mass is 339 g/mol. The zero-order valence-corrected chi connectivity index (χ0v) is 14.3. The van der Waals surface area contributed by atoms with Gasteiger partial charge in [-0.15, -0.1) is 0 Å². The maximum Gasteiger partial charge on any atom is 0.234 e. The maximum atomic E-state index is 12.1. The fourth-order valence-corrected chi connectivity index (χ4v) is 3.23. The topological polar surface area (TPSA) is 67.2 Å². The number of thioether (sulfide) groups is 1. The summed E-state index contributed by atoms with van der Waals surface area (Å²) in [5, 5.41) is 13.2. The van der Waals surface area contributed by atoms with E-state index in [0.29, 0.717) is 21.6 Å². The van der Waals surface area contributed by atoms with Crippen molar-refractivity contribution in [2.24, 2.45) is 7.05 Å². The van der Waals surface area contributed by atoms with Crippen LogP contribution in [0.3, 0.4) is 0 Å². The lowest BCUT2D eigenvalue weighted by molar-refractivity contribution is -0.113. The molecule has 0 aliphatic rings. The maximum absolute atomic E-state index is 12.1. The molecule has 1 amide bonds. The van der Waals surface area contributed by atoms with Gasteiger partial charge in [-0.05, 0) is 31.0 Å². The van der Waals surface area contributed by atoms with E-state index in [9.17, 15) is 4.79 Å². The number of nitrogens with one attached hydrogen (secondary N) is 1. The molecule has 0 bridgehead atoms. The Labute approximate surface area is 138 Å². The van der Waals surface area contributed by atoms with E-state index in [0.717, 1.165) is 11.1 Å². The third-order valence-electron chi connectivity index (χ3n) is 3.23. The third-order valence-corrected chi connectivity index (χ3v) is 4.57. The lowest BCUT2D eigenvalue weighted by atomic mass is 10.1. The highest BCUT2D eigenvalue weighted by Gasteiger charge is 2.12. The van der Waals surface area contributed by atoms with E-state index in [-0.39, 0.29) is 18.3 Å². The number of nitrogens with zero attached hydrogens (tertiary/aromatic N) is 2. The predicted octanol–water partition coefficient (Wildman–Crippen LogP) is 2.91. The first-order valence-electron chi connectivity index (χ1n) is 6.73. The summed E-state index contributed by atoms with van der Waals surface area (Å²) in [7, 11) is 1.81. The van der Waals surface area contributed by atoms with Gasteiger partial charge in [0.15, 0.2) is 5.16 Å². The molecule has 2 aromatic rings. The van der Waals surface area contributed by atoms with Crippen molar-refractivity contribution in [1.82, 2.24) is 9.55 Å². The minimum absolute atomic E-state index is 0.0750. The zero-order valence-electron chi connectivity index (χ0n) is 12.7. The van der Waals surface area contributed by atoms with Crippen LogP contribution in [0.15, 0.2) is 23.5 Å². The zero-order chi connectivity index (χ0) is 16.3. The molecular formula is C15H18ClN3O2S. The highest BCUT2D eigenvalue weighted by molar-refractivity contribution is 7.99. The summed E-state index contributed by atoms with van der Waals surface area (Å²) in [5.74, 6) is 0.0757. The first-order chi connectivity index (χ1) is 10.4. The van der Waals surface area contributed by atoms with Crippen molar-refractivity contribution in [3.63, 3.8) is 0 Å². The molecule has 5 nitrogen and oxygen atoms in total. The number of aryl methyl sites for hydroxylation is 2. The molecule has 0 radical (unpaired) electrons. The Morgan fingerprint density at radius 3 is 2.77 bits per heavy atom. The van der Waals surface area contributed by atoms with Crippen LogP contribution in [0.5, 0.6) is 0 Å². The predicted molar refractivity (Wildman–Crippen MR) is 89.4 cm³/mol. The van der Waals surface area contributed by atoms with E-state index in [4.69, 9.17) is 16.7 Å². The Morgan fingerprint density at radius 2 is 2.18 bits per heavy atom. The summed E-state index contributed by atoms with van der Waals surface area (Å²) < 4.78 is 1.77. The molecule has 0 fully saturated rings. The molecule has 22 heavy (non-hydrogen) atoms. The number of amides is 1. The van der Waals surface area contributed by atoms with Gasteiger partial charge >= 0.3 is 0 Å². The normalized spacial score (nSPS) is 10.8. The van der Waals surface area contributed by atoms with Gasteiger partial charge in [0.05, 0.1) is 35.0 Å². The number of hydrogen-bond donors (Lipinski definition) is 2. The van der Waals surface area contributed by atoms with E-state index in [1.165, 1.54) is 11.8 Å². The molecule has 1 heterocycles. The smallest absolute Gasteiger partial charge is 0.234 e. The molecule has 0 atom stereocenters. The molecule has 2 rings (SSSR count). The van der Waals surface area contributed by atoms with Crippen LogP contribution < -0.4 is 5.32 Å². The average molecular weight is 340 g/mol. The van der Waals surface area contributed by atoms with Crippen LogP contribution in [-0.2, 0) is 18.4 Å². The summed E-state index contributed by atoms with van der Waals surface area (Å²) in [5.41, 5.74) is 3.34. The van der Waals surface area contributed by atoms with Gasteiger partial charge in [-0.3, -0.25) is 4.79 Å². The number of imidazole rings is 1. The molecule has 1 aromatic carbocycles. The fourth-order valence-electron chi connectivity index (χ4n) is 2.09. The number of aromatic nitrogens is 2. The van der Waals surface area contributed by atoms with Crippen molar-refractivity contribution >= 4 is 35.0 Å². The Bertz CT molecular complexity index is 677. The number of rotatable bonds is 5. The van der Waals surface area contributed by atoms with E-state index in [1.54, 1.807) is 17.8 Å². The lowest BCUT2D eigenvalue weighted by Gasteiger charge is -2.11. The number of carbonyl (C=O) groups excluding carboxylic acids is 1. The number of hydrogen-bond acceptors (Lipinski definition) is 4. The third kappa shape index (κ3) is 3.82. The Hall–Kier alpha value is -1.50. The van der Waals surface area contributed by atoms with Gasteiger partial charge in [0.1, 0.15) is 0 Å². The van der Waals surface area contributed by atoms with Gasteiger partial charge < -0.3 is 15.0 Å². The van der Waals surface area contributed by atoms with Crippen LogP contribution in [-0.4, -0.2) is 26.3 Å². The van der Waals surface area contributed by atoms with Crippen LogP contribution in [0.25, 0.3) is 0 Å². The van der Waals surface area contributed by atoms with Gasteiger partial charge in [-0.1, -0.05) is 29.4 Å². The molecule has 2 N–H and O–H groups in total. The number of benzene rings is 1. The van der Waals surface area contributed by atoms with Crippen LogP contribution in [0.4, 0.5) is 5.69 Å². The molecular weight excluding hydrogens is 322 g/mol. The molecule has 118 valence electrons.